The molecular formula is C11H9ClFNO2. The molecule has 84 valence electrons. The zero-order chi connectivity index (χ0) is 11.7. The molecule has 0 amide bonds. The van der Waals surface area contributed by atoms with Gasteiger partial charge in [-0.25, -0.2) is 9.18 Å². The van der Waals surface area contributed by atoms with Gasteiger partial charge in [-0.05, 0) is 25.1 Å². The number of H-pyrrole nitrogens is 1. The number of hydrogen-bond acceptors (Lipinski definition) is 2. The highest BCUT2D eigenvalue weighted by Crippen LogP contribution is 2.25. The molecule has 1 N–H and O–H groups in total. The Balaban J connectivity index is 2.52. The van der Waals surface area contributed by atoms with Crippen LogP contribution < -0.4 is 0 Å². The predicted octanol–water partition coefficient (Wildman–Crippen LogP) is 3.14. The normalized spacial score (nSPS) is 10.7. The molecule has 0 saturated heterocycles. The Morgan fingerprint density at radius 3 is 3.00 bits per heavy atom. The molecule has 0 aliphatic carbocycles. The number of nitrogens with one attached hydrogen (secondary N) is 1. The minimum atomic E-state index is -0.536. The average Bonchev–Trinajstić information content (AvgIpc) is 2.69. The third-order valence-corrected chi connectivity index (χ3v) is 2.48. The second-order valence-electron chi connectivity index (χ2n) is 3.23. The van der Waals surface area contributed by atoms with Gasteiger partial charge in [0.05, 0.1) is 11.6 Å². The van der Waals surface area contributed by atoms with E-state index < -0.39 is 11.8 Å². The minimum Gasteiger partial charge on any atom is -0.461 e. The standard InChI is InChI=1S/C11H9ClFNO2/c1-2-16-11(15)9-5-6-8(14-9)4-3-7(12)10(6)13/h3-5,14H,2H2,1H3. The molecular weight excluding hydrogens is 233 g/mol. The lowest BCUT2D eigenvalue weighted by Gasteiger charge is -1.96. The van der Waals surface area contributed by atoms with Gasteiger partial charge >= 0.3 is 5.97 Å². The molecule has 0 aliphatic rings. The number of ether oxygens (including phenoxy) is 1. The van der Waals surface area contributed by atoms with Gasteiger partial charge in [0.25, 0.3) is 0 Å². The number of esters is 1. The van der Waals surface area contributed by atoms with Crippen LogP contribution in [0.4, 0.5) is 4.39 Å². The first-order valence-corrected chi connectivity index (χ1v) is 5.15. The van der Waals surface area contributed by atoms with Crippen molar-refractivity contribution in [1.82, 2.24) is 4.98 Å². The van der Waals surface area contributed by atoms with Crippen molar-refractivity contribution in [1.29, 1.82) is 0 Å². The molecule has 0 fully saturated rings. The Bertz CT molecular complexity index is 550. The molecule has 2 aromatic rings. The summed E-state index contributed by atoms with van der Waals surface area (Å²) in [6.07, 6.45) is 0. The molecule has 0 spiro atoms. The number of fused-ring (bicyclic) bond motifs is 1. The van der Waals surface area contributed by atoms with Gasteiger partial charge < -0.3 is 9.72 Å². The Morgan fingerprint density at radius 1 is 1.56 bits per heavy atom. The third kappa shape index (κ3) is 1.76. The van der Waals surface area contributed by atoms with Gasteiger partial charge in [0.2, 0.25) is 0 Å². The number of hydrogen-bond donors (Lipinski definition) is 1. The summed E-state index contributed by atoms with van der Waals surface area (Å²) in [5.41, 5.74) is 0.739. The van der Waals surface area contributed by atoms with E-state index in [9.17, 15) is 9.18 Å². The molecule has 1 aromatic heterocycles. The molecule has 1 heterocycles. The van der Waals surface area contributed by atoms with Crippen LogP contribution in [0.2, 0.25) is 5.02 Å². The van der Waals surface area contributed by atoms with Crippen molar-refractivity contribution in [2.24, 2.45) is 0 Å². The second-order valence-corrected chi connectivity index (χ2v) is 3.63. The van der Waals surface area contributed by atoms with Crippen LogP contribution in [-0.4, -0.2) is 17.6 Å². The highest BCUT2D eigenvalue weighted by atomic mass is 35.5. The van der Waals surface area contributed by atoms with Gasteiger partial charge in [-0.15, -0.1) is 0 Å². The molecule has 2 rings (SSSR count). The molecule has 16 heavy (non-hydrogen) atoms. The van der Waals surface area contributed by atoms with Gasteiger partial charge in [-0.3, -0.25) is 0 Å². The fourth-order valence-corrected chi connectivity index (χ4v) is 1.63. The molecule has 0 bridgehead atoms. The second kappa shape index (κ2) is 4.14. The summed E-state index contributed by atoms with van der Waals surface area (Å²) in [6.45, 7) is 1.98. The number of aromatic amines is 1. The molecule has 3 nitrogen and oxygen atoms in total. The van der Waals surface area contributed by atoms with Crippen LogP contribution >= 0.6 is 11.6 Å². The van der Waals surface area contributed by atoms with Crippen LogP contribution in [-0.2, 0) is 4.74 Å². The lowest BCUT2D eigenvalue weighted by atomic mass is 10.2. The number of carbonyl (C=O) groups is 1. The van der Waals surface area contributed by atoms with E-state index in [4.69, 9.17) is 16.3 Å². The third-order valence-electron chi connectivity index (χ3n) is 2.19. The number of rotatable bonds is 2. The predicted molar refractivity (Wildman–Crippen MR) is 59.2 cm³/mol. The van der Waals surface area contributed by atoms with Crippen LogP contribution in [0.5, 0.6) is 0 Å². The topological polar surface area (TPSA) is 42.1 Å². The highest BCUT2D eigenvalue weighted by molar-refractivity contribution is 6.31. The summed E-state index contributed by atoms with van der Waals surface area (Å²) in [5.74, 6) is -1.04. The first kappa shape index (κ1) is 11.0. The summed E-state index contributed by atoms with van der Waals surface area (Å²) in [4.78, 5) is 14.2. The van der Waals surface area contributed by atoms with E-state index in [0.717, 1.165) is 0 Å². The average molecular weight is 242 g/mol. The van der Waals surface area contributed by atoms with Gasteiger partial charge in [0, 0.05) is 10.9 Å². The number of aromatic nitrogens is 1. The van der Waals surface area contributed by atoms with E-state index in [1.54, 1.807) is 13.0 Å². The van der Waals surface area contributed by atoms with E-state index in [1.165, 1.54) is 12.1 Å². The maximum Gasteiger partial charge on any atom is 0.354 e. The summed E-state index contributed by atoms with van der Waals surface area (Å²) >= 11 is 5.63. The van der Waals surface area contributed by atoms with Crippen molar-refractivity contribution in [3.8, 4) is 0 Å². The van der Waals surface area contributed by atoms with Crippen LogP contribution in [0, 0.1) is 5.82 Å². The molecule has 0 radical (unpaired) electrons. The van der Waals surface area contributed by atoms with Crippen molar-refractivity contribution in [2.75, 3.05) is 6.61 Å². The molecule has 0 atom stereocenters. The van der Waals surface area contributed by atoms with Gasteiger partial charge in [0.15, 0.2) is 5.82 Å². The van der Waals surface area contributed by atoms with Crippen molar-refractivity contribution >= 4 is 28.5 Å². The van der Waals surface area contributed by atoms with Gasteiger partial charge in [0.1, 0.15) is 5.69 Å². The fraction of sp³-hybridized carbons (Fsp3) is 0.182. The number of halogens is 2. The van der Waals surface area contributed by atoms with Crippen LogP contribution in [0.25, 0.3) is 10.9 Å². The first-order chi connectivity index (χ1) is 7.63. The van der Waals surface area contributed by atoms with E-state index in [-0.39, 0.29) is 22.7 Å². The van der Waals surface area contributed by atoms with E-state index >= 15 is 0 Å². The number of carbonyl (C=O) groups excluding carboxylic acids is 1. The maximum atomic E-state index is 13.6. The summed E-state index contributed by atoms with van der Waals surface area (Å²) in [5, 5.41) is 0.317. The van der Waals surface area contributed by atoms with Crippen molar-refractivity contribution < 1.29 is 13.9 Å². The Hall–Kier alpha value is -1.55. The molecule has 0 saturated carbocycles. The van der Waals surface area contributed by atoms with E-state index in [0.29, 0.717) is 5.52 Å². The largest absolute Gasteiger partial charge is 0.461 e. The zero-order valence-electron chi connectivity index (χ0n) is 8.51. The first-order valence-electron chi connectivity index (χ1n) is 4.77. The Morgan fingerprint density at radius 2 is 2.31 bits per heavy atom. The van der Waals surface area contributed by atoms with Crippen molar-refractivity contribution in [3.05, 3.63) is 34.7 Å². The lowest BCUT2D eigenvalue weighted by Crippen LogP contribution is -2.04. The molecule has 5 heteroatoms. The summed E-state index contributed by atoms with van der Waals surface area (Å²) in [7, 11) is 0. The van der Waals surface area contributed by atoms with Crippen molar-refractivity contribution in [2.45, 2.75) is 6.92 Å². The van der Waals surface area contributed by atoms with E-state index in [1.807, 2.05) is 0 Å². The van der Waals surface area contributed by atoms with Crippen molar-refractivity contribution in [3.63, 3.8) is 0 Å². The quantitative estimate of drug-likeness (QED) is 0.821. The fourth-order valence-electron chi connectivity index (χ4n) is 1.46. The SMILES string of the molecule is CCOC(=O)c1cc2c(F)c(Cl)ccc2[nH]1. The molecule has 1 aromatic carbocycles. The van der Waals surface area contributed by atoms with Gasteiger partial charge in [-0.1, -0.05) is 11.6 Å². The Labute approximate surface area is 96.2 Å². The lowest BCUT2D eigenvalue weighted by molar-refractivity contribution is 0.0520. The van der Waals surface area contributed by atoms with E-state index in [2.05, 4.69) is 4.98 Å². The van der Waals surface area contributed by atoms with Crippen LogP contribution in [0.3, 0.4) is 0 Å². The monoisotopic (exact) mass is 241 g/mol. The molecule has 0 aliphatic heterocycles. The number of benzene rings is 1. The smallest absolute Gasteiger partial charge is 0.354 e. The minimum absolute atomic E-state index is 0.0295. The zero-order valence-corrected chi connectivity index (χ0v) is 9.27. The van der Waals surface area contributed by atoms with Crippen LogP contribution in [0.15, 0.2) is 18.2 Å². The highest BCUT2D eigenvalue weighted by Gasteiger charge is 2.13. The van der Waals surface area contributed by atoms with Crippen LogP contribution in [0.1, 0.15) is 17.4 Å². The van der Waals surface area contributed by atoms with Gasteiger partial charge in [-0.2, -0.15) is 0 Å². The Kier molecular flexibility index (Phi) is 2.83. The molecule has 0 unspecified atom stereocenters. The summed E-state index contributed by atoms with van der Waals surface area (Å²) < 4.78 is 18.4. The maximum absolute atomic E-state index is 13.6. The summed E-state index contributed by atoms with van der Waals surface area (Å²) in [6, 6.07) is 4.45.